The maximum absolute atomic E-state index is 16.0. The van der Waals surface area contributed by atoms with Gasteiger partial charge in [-0.05, 0) is 141 Å². The van der Waals surface area contributed by atoms with Crippen LogP contribution in [0.5, 0.6) is 0 Å². The van der Waals surface area contributed by atoms with Crippen LogP contribution in [0.15, 0.2) is 77.1 Å². The summed E-state index contributed by atoms with van der Waals surface area (Å²) in [6, 6.07) is 7.05. The number of hydrogen-bond donors (Lipinski definition) is 1. The number of unbranched alkanes of at least 4 members (excludes halogenated alkanes) is 7. The highest BCUT2D eigenvalue weighted by atomic mass is 19.1. The molecular formula is C48H73F3N4. The molecule has 1 fully saturated rings. The first-order valence-corrected chi connectivity index (χ1v) is 21.1. The van der Waals surface area contributed by atoms with Gasteiger partial charge in [0.25, 0.3) is 0 Å². The monoisotopic (exact) mass is 763 g/mol. The van der Waals surface area contributed by atoms with Crippen molar-refractivity contribution in [3.8, 4) is 11.3 Å². The number of hydrogen-bond acceptors (Lipinski definition) is 4. The number of benzene rings is 1. The molecule has 1 aromatic heterocycles. The molecule has 1 aliphatic rings. The van der Waals surface area contributed by atoms with Gasteiger partial charge < -0.3 is 5.32 Å². The number of nitrogens with one attached hydrogen (secondary N) is 1. The van der Waals surface area contributed by atoms with Crippen molar-refractivity contribution >= 4 is 5.69 Å². The predicted octanol–water partition coefficient (Wildman–Crippen LogP) is 14.8. The molecule has 3 rings (SSSR count). The maximum atomic E-state index is 16.0. The van der Waals surface area contributed by atoms with E-state index in [0.29, 0.717) is 35.3 Å². The van der Waals surface area contributed by atoms with Crippen LogP contribution >= 0.6 is 0 Å². The molecule has 4 nitrogen and oxygen atoms in total. The van der Waals surface area contributed by atoms with Crippen LogP contribution in [0.4, 0.5) is 18.9 Å². The van der Waals surface area contributed by atoms with Gasteiger partial charge in [-0.15, -0.1) is 0 Å². The predicted molar refractivity (Wildman–Crippen MR) is 229 cm³/mol. The fourth-order valence-corrected chi connectivity index (χ4v) is 8.31. The summed E-state index contributed by atoms with van der Waals surface area (Å²) in [7, 11) is 4.31. The molecule has 1 unspecified atom stereocenters. The van der Waals surface area contributed by atoms with Crippen molar-refractivity contribution in [2.24, 2.45) is 5.92 Å². The number of anilines is 1. The van der Waals surface area contributed by atoms with E-state index in [-0.39, 0.29) is 23.0 Å². The second-order valence-corrected chi connectivity index (χ2v) is 17.3. The SMILES string of the molecule is C=C(Nc1ccc(C(C)(C)F)cc1-c1cc(C(C)(C)F)ncn1)/C(CCC(=C/C)/C(C)=C(/F)C(C)CCCCCCCCCC)=C(\C)C1(N(C)C)CCCC1. The van der Waals surface area contributed by atoms with E-state index in [9.17, 15) is 0 Å². The molecule has 55 heavy (non-hydrogen) atoms. The Labute approximate surface area is 333 Å². The Morgan fingerprint density at radius 2 is 1.55 bits per heavy atom. The van der Waals surface area contributed by atoms with Gasteiger partial charge in [-0.3, -0.25) is 4.90 Å². The lowest BCUT2D eigenvalue weighted by Gasteiger charge is -2.39. The van der Waals surface area contributed by atoms with E-state index in [0.717, 1.165) is 67.4 Å². The molecule has 7 heteroatoms. The highest BCUT2D eigenvalue weighted by Crippen LogP contribution is 2.44. The molecule has 1 aromatic carbocycles. The summed E-state index contributed by atoms with van der Waals surface area (Å²) >= 11 is 0. The van der Waals surface area contributed by atoms with Crippen molar-refractivity contribution in [2.75, 3.05) is 19.4 Å². The van der Waals surface area contributed by atoms with Crippen molar-refractivity contribution in [2.45, 2.75) is 176 Å². The normalized spacial score (nSPS) is 16.6. The quantitative estimate of drug-likeness (QED) is 0.0958. The Bertz CT molecular complexity index is 1650. The van der Waals surface area contributed by atoms with Gasteiger partial charge >= 0.3 is 0 Å². The first-order chi connectivity index (χ1) is 25.9. The highest BCUT2D eigenvalue weighted by molar-refractivity contribution is 5.78. The Kier molecular flexibility index (Phi) is 17.5. The van der Waals surface area contributed by atoms with Crippen molar-refractivity contribution in [1.82, 2.24) is 14.9 Å². The van der Waals surface area contributed by atoms with Crippen LogP contribution in [0, 0.1) is 5.92 Å². The van der Waals surface area contributed by atoms with Crippen molar-refractivity contribution in [1.29, 1.82) is 0 Å². The summed E-state index contributed by atoms with van der Waals surface area (Å²) < 4.78 is 46.5. The smallest absolute Gasteiger partial charge is 0.147 e. The standard InChI is InChI=1S/C48H73F3N4/c1-13-15-16-17-18-19-20-21-24-34(3)45(49)35(4)38(14-2)25-27-40(36(5)48(55(11)12)29-22-23-30-48)37(6)54-42-28-26-39(46(7,8)50)31-41(42)43-32-44(47(9,10)51)53-33-52-43/h14,26,28,31-34,54H,6,13,15-25,27,29-30H2,1-5,7-12H3/b38-14-,40-36+,45-35+. The van der Waals surface area contributed by atoms with Crippen molar-refractivity contribution in [3.05, 3.63) is 88.3 Å². The molecule has 0 bridgehead atoms. The molecule has 306 valence electrons. The maximum Gasteiger partial charge on any atom is 0.147 e. The van der Waals surface area contributed by atoms with Crippen LogP contribution in [0.3, 0.4) is 0 Å². The highest BCUT2D eigenvalue weighted by Gasteiger charge is 2.39. The topological polar surface area (TPSA) is 41.1 Å². The zero-order valence-corrected chi connectivity index (χ0v) is 36.3. The molecule has 0 saturated heterocycles. The van der Waals surface area contributed by atoms with E-state index in [1.165, 1.54) is 78.1 Å². The Morgan fingerprint density at radius 1 is 0.927 bits per heavy atom. The van der Waals surface area contributed by atoms with Gasteiger partial charge in [0.05, 0.1) is 11.4 Å². The molecule has 0 spiro atoms. The lowest BCUT2D eigenvalue weighted by atomic mass is 9.81. The third-order valence-corrected chi connectivity index (χ3v) is 12.1. The van der Waals surface area contributed by atoms with E-state index >= 15 is 13.2 Å². The Morgan fingerprint density at radius 3 is 2.11 bits per heavy atom. The van der Waals surface area contributed by atoms with Crippen LogP contribution < -0.4 is 5.32 Å². The molecule has 1 N–H and O–H groups in total. The minimum atomic E-state index is -1.68. The second kappa shape index (κ2) is 20.8. The van der Waals surface area contributed by atoms with Gasteiger partial charge in [0.15, 0.2) is 0 Å². The molecule has 0 amide bonds. The average Bonchev–Trinajstić information content (AvgIpc) is 3.65. The van der Waals surface area contributed by atoms with Crippen molar-refractivity contribution in [3.63, 3.8) is 0 Å². The number of halogens is 3. The van der Waals surface area contributed by atoms with E-state index in [1.807, 2.05) is 26.8 Å². The third-order valence-electron chi connectivity index (χ3n) is 12.1. The first-order valence-electron chi connectivity index (χ1n) is 21.1. The van der Waals surface area contributed by atoms with Crippen LogP contribution in [-0.2, 0) is 11.3 Å². The zero-order chi connectivity index (χ0) is 41.0. The van der Waals surface area contributed by atoms with Crippen LogP contribution in [-0.4, -0.2) is 34.5 Å². The molecule has 0 aliphatic heterocycles. The first kappa shape index (κ1) is 46.2. The summed E-state index contributed by atoms with van der Waals surface area (Å²) in [4.78, 5) is 11.1. The fraction of sp³-hybridized carbons (Fsp3) is 0.625. The second-order valence-electron chi connectivity index (χ2n) is 17.3. The minimum Gasteiger partial charge on any atom is -0.355 e. The third kappa shape index (κ3) is 12.7. The minimum absolute atomic E-state index is 0.00278. The Balaban J connectivity index is 1.96. The van der Waals surface area contributed by atoms with Gasteiger partial charge in [0.2, 0.25) is 0 Å². The van der Waals surface area contributed by atoms with Gasteiger partial charge in [-0.2, -0.15) is 0 Å². The van der Waals surface area contributed by atoms with Gasteiger partial charge in [-0.25, -0.2) is 23.1 Å². The van der Waals surface area contributed by atoms with Crippen LogP contribution in [0.2, 0.25) is 0 Å². The number of alkyl halides is 2. The van der Waals surface area contributed by atoms with Gasteiger partial charge in [0, 0.05) is 28.4 Å². The lowest BCUT2D eigenvalue weighted by Crippen LogP contribution is -2.43. The molecule has 1 aliphatic carbocycles. The average molecular weight is 763 g/mol. The number of nitrogens with zero attached hydrogens (tertiary/aromatic N) is 3. The molecule has 1 heterocycles. The number of aromatic nitrogens is 2. The summed E-state index contributed by atoms with van der Waals surface area (Å²) in [6.07, 6.45) is 20.0. The Hall–Kier alpha value is -3.19. The summed E-state index contributed by atoms with van der Waals surface area (Å²) in [5, 5.41) is 3.61. The number of rotatable bonds is 22. The van der Waals surface area contributed by atoms with E-state index in [4.69, 9.17) is 0 Å². The largest absolute Gasteiger partial charge is 0.355 e. The van der Waals surface area contributed by atoms with Gasteiger partial charge in [-0.1, -0.05) is 96.8 Å². The van der Waals surface area contributed by atoms with Crippen molar-refractivity contribution < 1.29 is 13.2 Å². The zero-order valence-electron chi connectivity index (χ0n) is 36.3. The molecule has 1 atom stereocenters. The fourth-order valence-electron chi connectivity index (χ4n) is 8.31. The summed E-state index contributed by atoms with van der Waals surface area (Å²) in [6.45, 7) is 21.0. The molecule has 0 radical (unpaired) electrons. The molecule has 2 aromatic rings. The summed E-state index contributed by atoms with van der Waals surface area (Å²) in [5.41, 5.74) is 4.03. The van der Waals surface area contributed by atoms with Crippen LogP contribution in [0.1, 0.15) is 170 Å². The van der Waals surface area contributed by atoms with Crippen LogP contribution in [0.25, 0.3) is 11.3 Å². The van der Waals surface area contributed by atoms with E-state index in [2.05, 4.69) is 60.8 Å². The number of likely N-dealkylation sites (N-methyl/N-ethyl adjacent to an activating group) is 1. The van der Waals surface area contributed by atoms with Gasteiger partial charge in [0.1, 0.15) is 23.5 Å². The summed E-state index contributed by atoms with van der Waals surface area (Å²) in [5.74, 6) is -0.114. The lowest BCUT2D eigenvalue weighted by molar-refractivity contribution is 0.198. The van der Waals surface area contributed by atoms with E-state index < -0.39 is 11.3 Å². The number of allylic oxidation sites excluding steroid dienone is 5. The molecular weight excluding hydrogens is 690 g/mol. The molecule has 1 saturated carbocycles. The van der Waals surface area contributed by atoms with E-state index in [1.54, 1.807) is 18.2 Å².